The summed E-state index contributed by atoms with van der Waals surface area (Å²) in [6.45, 7) is 2.09. The van der Waals surface area contributed by atoms with Gasteiger partial charge in [0, 0.05) is 18.7 Å². The molecule has 0 aromatic heterocycles. The number of rotatable bonds is 5. The number of carbonyl (C=O) groups is 3. The first-order chi connectivity index (χ1) is 7.47. The normalized spacial score (nSPS) is 21.3. The highest BCUT2D eigenvalue weighted by Gasteiger charge is 2.38. The zero-order chi connectivity index (χ0) is 12.3. The fraction of sp³-hybridized carbons (Fsp3) is 0.667. The van der Waals surface area contributed by atoms with Crippen molar-refractivity contribution in [3.8, 4) is 0 Å². The highest BCUT2D eigenvalue weighted by Crippen LogP contribution is 2.25. The Bertz CT molecular complexity index is 326. The van der Waals surface area contributed by atoms with Crippen molar-refractivity contribution in [2.75, 3.05) is 12.3 Å². The van der Waals surface area contributed by atoms with Crippen LogP contribution in [0.1, 0.15) is 13.3 Å². The third-order valence-electron chi connectivity index (χ3n) is 2.31. The summed E-state index contributed by atoms with van der Waals surface area (Å²) in [6, 6.07) is -0.997. The number of aliphatic carboxylic acids is 1. The van der Waals surface area contributed by atoms with Crippen molar-refractivity contribution >= 4 is 29.5 Å². The molecule has 2 amide bonds. The molecule has 1 fully saturated rings. The molecule has 0 aromatic rings. The van der Waals surface area contributed by atoms with Crippen molar-refractivity contribution in [3.63, 3.8) is 0 Å². The topological polar surface area (TPSA) is 101 Å². The molecule has 3 N–H and O–H groups in total. The molecular formula is C9H14BrN2O4S-. The lowest BCUT2D eigenvalue weighted by molar-refractivity contribution is -0.139. The predicted molar refractivity (Wildman–Crippen MR) is 58.9 cm³/mol. The second-order valence-electron chi connectivity index (χ2n) is 3.45. The summed E-state index contributed by atoms with van der Waals surface area (Å²) in [5, 5.41) is 8.10. The number of halogens is 1. The van der Waals surface area contributed by atoms with E-state index >= 15 is 0 Å². The van der Waals surface area contributed by atoms with E-state index in [0.717, 1.165) is 11.8 Å². The van der Waals surface area contributed by atoms with Crippen molar-refractivity contribution in [1.29, 1.82) is 0 Å². The van der Waals surface area contributed by atoms with Crippen LogP contribution in [-0.2, 0) is 14.4 Å². The number of carbonyl (C=O) groups excluding carboxylic acids is 2. The SMILES string of the molecule is CCN1C(=O)CC(SCC(N)C(=O)O)C1=O.[Br-]. The van der Waals surface area contributed by atoms with Crippen molar-refractivity contribution in [1.82, 2.24) is 4.90 Å². The van der Waals surface area contributed by atoms with E-state index in [1.165, 1.54) is 4.90 Å². The Labute approximate surface area is 114 Å². The van der Waals surface area contributed by atoms with Crippen LogP contribution >= 0.6 is 11.8 Å². The van der Waals surface area contributed by atoms with Crippen LogP contribution in [0.5, 0.6) is 0 Å². The number of thioether (sulfide) groups is 1. The summed E-state index contributed by atoms with van der Waals surface area (Å²) >= 11 is 1.13. The Morgan fingerprint density at radius 2 is 2.24 bits per heavy atom. The molecule has 0 radical (unpaired) electrons. The summed E-state index contributed by atoms with van der Waals surface area (Å²) in [5.74, 6) is -1.41. The Hall–Kier alpha value is -0.600. The van der Waals surface area contributed by atoms with E-state index in [1.807, 2.05) is 0 Å². The van der Waals surface area contributed by atoms with Crippen LogP contribution in [0, 0.1) is 0 Å². The molecule has 1 aliphatic heterocycles. The molecule has 1 heterocycles. The lowest BCUT2D eigenvalue weighted by Crippen LogP contribution is -3.00. The van der Waals surface area contributed by atoms with Gasteiger partial charge >= 0.3 is 5.97 Å². The van der Waals surface area contributed by atoms with Gasteiger partial charge in [-0.3, -0.25) is 19.3 Å². The standard InChI is InChI=1S/C9H14N2O4S.BrH/c1-2-11-7(12)3-6(8(11)13)16-4-5(10)9(14)15;/h5-6H,2-4,10H2,1H3,(H,14,15);1H/p-1. The number of nitrogens with two attached hydrogens (primary N) is 1. The summed E-state index contributed by atoms with van der Waals surface area (Å²) in [6.07, 6.45) is 0.143. The van der Waals surface area contributed by atoms with Crippen LogP contribution in [0.3, 0.4) is 0 Å². The van der Waals surface area contributed by atoms with Crippen LogP contribution in [-0.4, -0.2) is 51.4 Å². The van der Waals surface area contributed by atoms with Gasteiger partial charge in [0.25, 0.3) is 0 Å². The first-order valence-electron chi connectivity index (χ1n) is 4.91. The molecule has 0 aliphatic carbocycles. The number of hydrogen-bond acceptors (Lipinski definition) is 5. The van der Waals surface area contributed by atoms with Gasteiger partial charge in [-0.1, -0.05) is 0 Å². The lowest BCUT2D eigenvalue weighted by atomic mass is 10.3. The molecule has 0 aromatic carbocycles. The molecular weight excluding hydrogens is 312 g/mol. The predicted octanol–water partition coefficient (Wildman–Crippen LogP) is -3.72. The van der Waals surface area contributed by atoms with Crippen LogP contribution in [0.25, 0.3) is 0 Å². The van der Waals surface area contributed by atoms with E-state index in [9.17, 15) is 14.4 Å². The fourth-order valence-corrected chi connectivity index (χ4v) is 2.52. The smallest absolute Gasteiger partial charge is 0.321 e. The number of likely N-dealkylation sites (tertiary alicyclic amines) is 1. The van der Waals surface area contributed by atoms with Crippen LogP contribution in [0.15, 0.2) is 0 Å². The Kier molecular flexibility index (Phi) is 6.73. The zero-order valence-corrected chi connectivity index (χ0v) is 11.7. The number of carboxylic acid groups (broad SMARTS) is 1. The second kappa shape index (κ2) is 6.97. The summed E-state index contributed by atoms with van der Waals surface area (Å²) in [7, 11) is 0. The highest BCUT2D eigenvalue weighted by atomic mass is 79.9. The third-order valence-corrected chi connectivity index (χ3v) is 3.64. The lowest BCUT2D eigenvalue weighted by Gasteiger charge is -2.12. The van der Waals surface area contributed by atoms with Crippen molar-refractivity contribution < 1.29 is 36.5 Å². The molecule has 1 saturated heterocycles. The van der Waals surface area contributed by atoms with Gasteiger partial charge in [-0.05, 0) is 6.92 Å². The van der Waals surface area contributed by atoms with E-state index in [1.54, 1.807) is 6.92 Å². The zero-order valence-electron chi connectivity index (χ0n) is 9.26. The molecule has 0 bridgehead atoms. The van der Waals surface area contributed by atoms with Gasteiger partial charge < -0.3 is 27.8 Å². The molecule has 1 aliphatic rings. The minimum atomic E-state index is -1.10. The van der Waals surface area contributed by atoms with Crippen LogP contribution < -0.4 is 22.7 Å². The maximum absolute atomic E-state index is 11.6. The molecule has 98 valence electrons. The number of imide groups is 1. The van der Waals surface area contributed by atoms with Crippen LogP contribution in [0.4, 0.5) is 0 Å². The molecule has 0 spiro atoms. The number of amides is 2. The minimum absolute atomic E-state index is 0. The average molecular weight is 326 g/mol. The maximum atomic E-state index is 11.6. The van der Waals surface area contributed by atoms with Crippen LogP contribution in [0.2, 0.25) is 0 Å². The van der Waals surface area contributed by atoms with Crippen molar-refractivity contribution in [2.24, 2.45) is 5.73 Å². The molecule has 1 rings (SSSR count). The van der Waals surface area contributed by atoms with Gasteiger partial charge in [0.2, 0.25) is 11.8 Å². The average Bonchev–Trinajstić information content (AvgIpc) is 2.50. The maximum Gasteiger partial charge on any atom is 0.321 e. The second-order valence-corrected chi connectivity index (χ2v) is 4.68. The van der Waals surface area contributed by atoms with E-state index in [0.29, 0.717) is 6.54 Å². The summed E-state index contributed by atoms with van der Waals surface area (Å²) in [4.78, 5) is 34.6. The molecule has 6 nitrogen and oxygen atoms in total. The van der Waals surface area contributed by atoms with Gasteiger partial charge in [0.1, 0.15) is 6.04 Å². The van der Waals surface area contributed by atoms with Gasteiger partial charge in [-0.2, -0.15) is 0 Å². The monoisotopic (exact) mass is 325 g/mol. The highest BCUT2D eigenvalue weighted by molar-refractivity contribution is 8.00. The van der Waals surface area contributed by atoms with Crippen molar-refractivity contribution in [3.05, 3.63) is 0 Å². The van der Waals surface area contributed by atoms with E-state index < -0.39 is 17.3 Å². The van der Waals surface area contributed by atoms with E-state index in [2.05, 4.69) is 0 Å². The molecule has 0 saturated carbocycles. The Morgan fingerprint density at radius 1 is 1.65 bits per heavy atom. The Morgan fingerprint density at radius 3 is 2.65 bits per heavy atom. The first kappa shape index (κ1) is 16.4. The van der Waals surface area contributed by atoms with Gasteiger partial charge in [0.15, 0.2) is 0 Å². The molecule has 2 atom stereocenters. The minimum Gasteiger partial charge on any atom is -1.00 e. The van der Waals surface area contributed by atoms with Gasteiger partial charge in [-0.15, -0.1) is 11.8 Å². The number of carboxylic acids is 1. The van der Waals surface area contributed by atoms with Gasteiger partial charge in [-0.25, -0.2) is 0 Å². The third kappa shape index (κ3) is 3.97. The first-order valence-corrected chi connectivity index (χ1v) is 5.96. The molecule has 8 heteroatoms. The Balaban J connectivity index is 0.00000256. The number of hydrogen-bond donors (Lipinski definition) is 2. The van der Waals surface area contributed by atoms with E-state index in [-0.39, 0.29) is 41.0 Å². The fourth-order valence-electron chi connectivity index (χ4n) is 1.41. The summed E-state index contributed by atoms with van der Waals surface area (Å²) < 4.78 is 0. The molecule has 2 unspecified atom stereocenters. The van der Waals surface area contributed by atoms with E-state index in [4.69, 9.17) is 10.8 Å². The number of nitrogens with zero attached hydrogens (tertiary/aromatic N) is 1. The largest absolute Gasteiger partial charge is 1.00 e. The molecule has 17 heavy (non-hydrogen) atoms. The summed E-state index contributed by atoms with van der Waals surface area (Å²) in [5.41, 5.74) is 5.31. The quantitative estimate of drug-likeness (QED) is 0.504. The van der Waals surface area contributed by atoms with Gasteiger partial charge in [0.05, 0.1) is 5.25 Å². The van der Waals surface area contributed by atoms with Crippen molar-refractivity contribution in [2.45, 2.75) is 24.6 Å².